The first-order valence-corrected chi connectivity index (χ1v) is 12.3. The second-order valence-corrected chi connectivity index (χ2v) is 9.87. The van der Waals surface area contributed by atoms with E-state index in [1.807, 2.05) is 13.0 Å². The third-order valence-corrected chi connectivity index (χ3v) is 7.53. The molecule has 0 unspecified atom stereocenters. The van der Waals surface area contributed by atoms with Crippen molar-refractivity contribution in [3.05, 3.63) is 86.5 Å². The number of amides is 3. The maximum absolute atomic E-state index is 13.5. The SMILES string of the molecule is Cc1ccc(F)cc1CNC(=O)c1cc2c(s1)CCN(C(=O)CNC(=O)c1ccc3[nH]ncc3c1)C2. The van der Waals surface area contributed by atoms with E-state index in [1.165, 1.54) is 23.5 Å². The molecule has 0 fully saturated rings. The van der Waals surface area contributed by atoms with Gasteiger partial charge in [-0.15, -0.1) is 11.3 Å². The van der Waals surface area contributed by atoms with Crippen LogP contribution in [0.4, 0.5) is 4.39 Å². The molecule has 3 amide bonds. The van der Waals surface area contributed by atoms with Gasteiger partial charge < -0.3 is 15.5 Å². The summed E-state index contributed by atoms with van der Waals surface area (Å²) in [5, 5.41) is 13.1. The zero-order chi connectivity index (χ0) is 25.2. The average Bonchev–Trinajstić information content (AvgIpc) is 3.53. The third kappa shape index (κ3) is 4.99. The summed E-state index contributed by atoms with van der Waals surface area (Å²) in [7, 11) is 0. The van der Waals surface area contributed by atoms with E-state index in [0.717, 1.165) is 32.5 Å². The van der Waals surface area contributed by atoms with Crippen LogP contribution in [-0.2, 0) is 24.3 Å². The molecule has 10 heteroatoms. The molecule has 0 aliphatic carbocycles. The van der Waals surface area contributed by atoms with E-state index >= 15 is 0 Å². The predicted molar refractivity (Wildman–Crippen MR) is 134 cm³/mol. The van der Waals surface area contributed by atoms with Gasteiger partial charge in [-0.1, -0.05) is 6.07 Å². The molecule has 3 N–H and O–H groups in total. The summed E-state index contributed by atoms with van der Waals surface area (Å²) < 4.78 is 13.5. The van der Waals surface area contributed by atoms with Gasteiger partial charge in [-0.2, -0.15) is 5.10 Å². The number of carbonyl (C=O) groups excluding carboxylic acids is 3. The van der Waals surface area contributed by atoms with Gasteiger partial charge in [0.2, 0.25) is 5.91 Å². The number of hydrogen-bond donors (Lipinski definition) is 3. The zero-order valence-electron chi connectivity index (χ0n) is 19.6. The summed E-state index contributed by atoms with van der Waals surface area (Å²) in [5.74, 6) is -1.07. The Balaban J connectivity index is 1.16. The van der Waals surface area contributed by atoms with Crippen LogP contribution in [0, 0.1) is 12.7 Å². The van der Waals surface area contributed by atoms with Gasteiger partial charge in [0.1, 0.15) is 5.82 Å². The first-order valence-electron chi connectivity index (χ1n) is 11.5. The fourth-order valence-corrected chi connectivity index (χ4v) is 5.28. The summed E-state index contributed by atoms with van der Waals surface area (Å²) in [4.78, 5) is 41.3. The quantitative estimate of drug-likeness (QED) is 0.374. The van der Waals surface area contributed by atoms with Crippen molar-refractivity contribution in [2.45, 2.75) is 26.4 Å². The lowest BCUT2D eigenvalue weighted by atomic mass is 10.1. The number of fused-ring (bicyclic) bond motifs is 2. The monoisotopic (exact) mass is 505 g/mol. The van der Waals surface area contributed by atoms with Gasteiger partial charge in [0, 0.05) is 35.5 Å². The average molecular weight is 506 g/mol. The van der Waals surface area contributed by atoms with Crippen LogP contribution in [0.15, 0.2) is 48.7 Å². The van der Waals surface area contributed by atoms with Crippen LogP contribution in [0.3, 0.4) is 0 Å². The second-order valence-electron chi connectivity index (χ2n) is 8.73. The first-order chi connectivity index (χ1) is 17.4. The topological polar surface area (TPSA) is 107 Å². The number of rotatable bonds is 6. The summed E-state index contributed by atoms with van der Waals surface area (Å²) in [5.41, 5.74) is 3.86. The van der Waals surface area contributed by atoms with Gasteiger partial charge in [0.05, 0.1) is 23.1 Å². The summed E-state index contributed by atoms with van der Waals surface area (Å²) in [6.45, 7) is 2.91. The third-order valence-electron chi connectivity index (χ3n) is 6.30. The van der Waals surface area contributed by atoms with E-state index < -0.39 is 0 Å². The predicted octanol–water partition coefficient (Wildman–Crippen LogP) is 3.32. The molecule has 36 heavy (non-hydrogen) atoms. The molecule has 0 atom stereocenters. The van der Waals surface area contributed by atoms with Crippen LogP contribution in [0.5, 0.6) is 0 Å². The number of benzene rings is 2. The number of aromatic nitrogens is 2. The highest BCUT2D eigenvalue weighted by atomic mass is 32.1. The number of nitrogens with zero attached hydrogens (tertiary/aromatic N) is 2. The minimum Gasteiger partial charge on any atom is -0.347 e. The van der Waals surface area contributed by atoms with Gasteiger partial charge >= 0.3 is 0 Å². The van der Waals surface area contributed by atoms with Crippen molar-refractivity contribution in [1.29, 1.82) is 0 Å². The Morgan fingerprint density at radius 3 is 2.83 bits per heavy atom. The highest BCUT2D eigenvalue weighted by Crippen LogP contribution is 2.28. The molecule has 1 aliphatic rings. The summed E-state index contributed by atoms with van der Waals surface area (Å²) >= 11 is 1.42. The number of hydrogen-bond acceptors (Lipinski definition) is 5. The number of H-pyrrole nitrogens is 1. The number of halogens is 1. The van der Waals surface area contributed by atoms with Gasteiger partial charge in [-0.25, -0.2) is 4.39 Å². The molecule has 0 saturated carbocycles. The standard InChI is InChI=1S/C26H24FN5O3S/c1-15-2-4-20(27)9-17(15)11-28-26(35)23-10-19-14-32(7-6-22(19)36-23)24(33)13-29-25(34)16-3-5-21-18(8-16)12-30-31-21/h2-5,8-10,12H,6-7,11,13-14H2,1H3,(H,28,35)(H,29,34)(H,30,31). The van der Waals surface area contributed by atoms with Crippen LogP contribution in [0.2, 0.25) is 0 Å². The minimum atomic E-state index is -0.337. The van der Waals surface area contributed by atoms with E-state index in [9.17, 15) is 18.8 Å². The van der Waals surface area contributed by atoms with E-state index in [1.54, 1.807) is 35.4 Å². The van der Waals surface area contributed by atoms with Crippen molar-refractivity contribution in [2.24, 2.45) is 0 Å². The maximum Gasteiger partial charge on any atom is 0.261 e. The molecule has 2 aromatic heterocycles. The molecule has 0 radical (unpaired) electrons. The normalized spacial score (nSPS) is 12.9. The molecule has 184 valence electrons. The second kappa shape index (κ2) is 9.90. The van der Waals surface area contributed by atoms with Crippen molar-refractivity contribution in [1.82, 2.24) is 25.7 Å². The molecule has 0 spiro atoms. The van der Waals surface area contributed by atoms with Crippen LogP contribution in [0.1, 0.15) is 41.6 Å². The summed E-state index contributed by atoms with van der Waals surface area (Å²) in [6, 6.07) is 11.5. The summed E-state index contributed by atoms with van der Waals surface area (Å²) in [6.07, 6.45) is 2.29. The van der Waals surface area contributed by atoms with Crippen LogP contribution in [0.25, 0.3) is 10.9 Å². The maximum atomic E-state index is 13.5. The zero-order valence-corrected chi connectivity index (χ0v) is 20.4. The van der Waals surface area contributed by atoms with E-state index in [4.69, 9.17) is 0 Å². The Kier molecular flexibility index (Phi) is 6.51. The van der Waals surface area contributed by atoms with E-state index in [2.05, 4.69) is 20.8 Å². The van der Waals surface area contributed by atoms with Crippen molar-refractivity contribution < 1.29 is 18.8 Å². The number of aromatic amines is 1. The lowest BCUT2D eigenvalue weighted by Gasteiger charge is -2.27. The Labute approximate surface area is 210 Å². The lowest BCUT2D eigenvalue weighted by Crippen LogP contribution is -2.42. The van der Waals surface area contributed by atoms with E-state index in [0.29, 0.717) is 30.0 Å². The number of nitrogens with one attached hydrogen (secondary N) is 3. The van der Waals surface area contributed by atoms with Gasteiger partial charge in [0.25, 0.3) is 11.8 Å². The first kappa shape index (κ1) is 23.7. The van der Waals surface area contributed by atoms with Crippen molar-refractivity contribution in [3.63, 3.8) is 0 Å². The number of thiophene rings is 1. The number of aryl methyl sites for hydroxylation is 1. The molecule has 1 aliphatic heterocycles. The van der Waals surface area contributed by atoms with Gasteiger partial charge in [0.15, 0.2) is 0 Å². The molecule has 4 aromatic rings. The van der Waals surface area contributed by atoms with E-state index in [-0.39, 0.29) is 36.6 Å². The van der Waals surface area contributed by atoms with Crippen molar-refractivity contribution in [3.8, 4) is 0 Å². The highest BCUT2D eigenvalue weighted by molar-refractivity contribution is 7.14. The fourth-order valence-electron chi connectivity index (χ4n) is 4.20. The molecule has 0 bridgehead atoms. The molecule has 3 heterocycles. The number of carbonyl (C=O) groups is 3. The van der Waals surface area contributed by atoms with Gasteiger partial charge in [-0.05, 0) is 66.4 Å². The van der Waals surface area contributed by atoms with Crippen molar-refractivity contribution >= 4 is 40.0 Å². The van der Waals surface area contributed by atoms with Gasteiger partial charge in [-0.3, -0.25) is 19.5 Å². The smallest absolute Gasteiger partial charge is 0.261 e. The largest absolute Gasteiger partial charge is 0.347 e. The molecule has 0 saturated heterocycles. The molecular formula is C26H24FN5O3S. The minimum absolute atomic E-state index is 0.109. The Morgan fingerprint density at radius 1 is 1.11 bits per heavy atom. The molecule has 2 aromatic carbocycles. The van der Waals surface area contributed by atoms with Crippen LogP contribution in [-0.4, -0.2) is 45.9 Å². The lowest BCUT2D eigenvalue weighted by molar-refractivity contribution is -0.131. The fraction of sp³-hybridized carbons (Fsp3) is 0.231. The Morgan fingerprint density at radius 2 is 1.97 bits per heavy atom. The van der Waals surface area contributed by atoms with Crippen LogP contribution >= 0.6 is 11.3 Å². The Bertz CT molecular complexity index is 1480. The highest BCUT2D eigenvalue weighted by Gasteiger charge is 2.24. The van der Waals surface area contributed by atoms with Crippen molar-refractivity contribution in [2.75, 3.05) is 13.1 Å². The molecular weight excluding hydrogens is 481 g/mol. The van der Waals surface area contributed by atoms with Crippen LogP contribution < -0.4 is 10.6 Å². The molecule has 5 rings (SSSR count). The molecule has 8 nitrogen and oxygen atoms in total. The Hall–Kier alpha value is -4.05.